The summed E-state index contributed by atoms with van der Waals surface area (Å²) in [5, 5.41) is 5.56. The third-order valence-corrected chi connectivity index (χ3v) is 6.43. The lowest BCUT2D eigenvalue weighted by Gasteiger charge is -2.33. The average molecular weight is 322 g/mol. The summed E-state index contributed by atoms with van der Waals surface area (Å²) in [6, 6.07) is 8.64. The van der Waals surface area contributed by atoms with Crippen LogP contribution in [0.5, 0.6) is 0 Å². The fourth-order valence-corrected chi connectivity index (χ4v) is 5.42. The monoisotopic (exact) mass is 322 g/mol. The molecule has 4 nitrogen and oxygen atoms in total. The van der Waals surface area contributed by atoms with E-state index in [-0.39, 0.29) is 6.04 Å². The average Bonchev–Trinajstić information content (AvgIpc) is 2.74. The van der Waals surface area contributed by atoms with Crippen molar-refractivity contribution < 1.29 is 8.42 Å². The van der Waals surface area contributed by atoms with Gasteiger partial charge < -0.3 is 0 Å². The van der Waals surface area contributed by atoms with Crippen molar-refractivity contribution in [2.45, 2.75) is 51.5 Å². The highest BCUT2D eigenvalue weighted by molar-refractivity contribution is 7.86. The Hall–Kier alpha value is -0.910. The van der Waals surface area contributed by atoms with E-state index in [9.17, 15) is 8.42 Å². The number of nitrogens with zero attached hydrogens (tertiary/aromatic N) is 1. The van der Waals surface area contributed by atoms with Crippen molar-refractivity contribution >= 4 is 10.2 Å². The summed E-state index contributed by atoms with van der Waals surface area (Å²) in [6.07, 6.45) is 6.04. The third kappa shape index (κ3) is 3.07. The molecule has 1 fully saturated rings. The van der Waals surface area contributed by atoms with E-state index >= 15 is 0 Å². The van der Waals surface area contributed by atoms with Crippen molar-refractivity contribution in [3.05, 3.63) is 35.4 Å². The van der Waals surface area contributed by atoms with E-state index in [1.54, 1.807) is 4.31 Å². The summed E-state index contributed by atoms with van der Waals surface area (Å²) in [7, 11) is -3.63. The molecule has 0 aromatic heterocycles. The highest BCUT2D eigenvalue weighted by atomic mass is 32.2. The maximum atomic E-state index is 12.1. The molecule has 0 aliphatic heterocycles. The summed E-state index contributed by atoms with van der Waals surface area (Å²) < 4.78 is 25.9. The van der Waals surface area contributed by atoms with Crippen LogP contribution in [0.3, 0.4) is 0 Å². The Morgan fingerprint density at radius 2 is 1.68 bits per heavy atom. The van der Waals surface area contributed by atoms with Crippen LogP contribution >= 0.6 is 0 Å². The zero-order valence-corrected chi connectivity index (χ0v) is 14.1. The smallest absolute Gasteiger partial charge is 0.216 e. The topological polar surface area (TPSA) is 63.4 Å². The van der Waals surface area contributed by atoms with Gasteiger partial charge in [0.2, 0.25) is 0 Å². The SMILES string of the molecule is CCCCN(C1C2CCC1Cc1ccccc1C2)S(N)(=O)=O. The fourth-order valence-electron chi connectivity index (χ4n) is 4.35. The van der Waals surface area contributed by atoms with Gasteiger partial charge in [0.1, 0.15) is 0 Å². The van der Waals surface area contributed by atoms with E-state index in [2.05, 4.69) is 31.2 Å². The standard InChI is InChI=1S/C17H26N2O2S/c1-2-3-10-19(22(18,20)21)17-15-8-9-16(17)12-14-7-5-4-6-13(14)11-15/h4-7,15-17H,2-3,8-12H2,1H3,(H2,18,20,21). The number of nitrogens with two attached hydrogens (primary N) is 1. The summed E-state index contributed by atoms with van der Waals surface area (Å²) in [4.78, 5) is 0. The molecule has 0 spiro atoms. The number of benzene rings is 1. The Balaban J connectivity index is 1.91. The van der Waals surface area contributed by atoms with Gasteiger partial charge in [0.25, 0.3) is 10.2 Å². The number of fused-ring (bicyclic) bond motifs is 3. The predicted octanol–water partition coefficient (Wildman–Crippen LogP) is 2.49. The molecule has 0 amide bonds. The minimum Gasteiger partial charge on any atom is -0.216 e. The highest BCUT2D eigenvalue weighted by Crippen LogP contribution is 2.43. The van der Waals surface area contributed by atoms with Crippen molar-refractivity contribution in [2.75, 3.05) is 6.54 Å². The molecule has 5 heteroatoms. The molecule has 0 saturated heterocycles. The van der Waals surface area contributed by atoms with Gasteiger partial charge in [0, 0.05) is 12.6 Å². The first-order valence-corrected chi connectivity index (χ1v) is 9.87. The second-order valence-electron chi connectivity index (χ2n) is 6.77. The van der Waals surface area contributed by atoms with Gasteiger partial charge in [-0.1, -0.05) is 37.6 Å². The molecular weight excluding hydrogens is 296 g/mol. The first-order valence-electron chi connectivity index (χ1n) is 8.37. The molecule has 1 aromatic carbocycles. The minimum absolute atomic E-state index is 0.0777. The number of rotatable bonds is 5. The Kier molecular flexibility index (Phi) is 4.57. The maximum Gasteiger partial charge on any atom is 0.277 e. The normalized spacial score (nSPS) is 27.7. The van der Waals surface area contributed by atoms with Crippen molar-refractivity contribution in [1.29, 1.82) is 0 Å². The van der Waals surface area contributed by atoms with Gasteiger partial charge in [0.05, 0.1) is 0 Å². The number of hydrogen-bond acceptors (Lipinski definition) is 2. The van der Waals surface area contributed by atoms with E-state index in [1.807, 2.05) is 0 Å². The Morgan fingerprint density at radius 1 is 1.14 bits per heavy atom. The van der Waals surface area contributed by atoms with E-state index in [1.165, 1.54) is 11.1 Å². The van der Waals surface area contributed by atoms with Gasteiger partial charge in [-0.05, 0) is 55.1 Å². The van der Waals surface area contributed by atoms with E-state index < -0.39 is 10.2 Å². The van der Waals surface area contributed by atoms with E-state index in [0.29, 0.717) is 18.4 Å². The molecular formula is C17H26N2O2S. The molecule has 2 unspecified atom stereocenters. The van der Waals surface area contributed by atoms with Crippen LogP contribution in [0.25, 0.3) is 0 Å². The second kappa shape index (κ2) is 6.30. The minimum atomic E-state index is -3.63. The summed E-state index contributed by atoms with van der Waals surface area (Å²) in [6.45, 7) is 2.64. The van der Waals surface area contributed by atoms with Crippen LogP contribution in [0.4, 0.5) is 0 Å². The van der Waals surface area contributed by atoms with Crippen LogP contribution in [-0.2, 0) is 23.1 Å². The lowest BCUT2D eigenvalue weighted by atomic mass is 9.94. The van der Waals surface area contributed by atoms with Crippen LogP contribution in [0, 0.1) is 11.8 Å². The molecule has 0 heterocycles. The zero-order valence-electron chi connectivity index (χ0n) is 13.2. The molecule has 1 aromatic rings. The predicted molar refractivity (Wildman–Crippen MR) is 88.6 cm³/mol. The van der Waals surface area contributed by atoms with Gasteiger partial charge >= 0.3 is 0 Å². The fraction of sp³-hybridized carbons (Fsp3) is 0.647. The van der Waals surface area contributed by atoms with E-state index in [4.69, 9.17) is 5.14 Å². The molecule has 0 radical (unpaired) electrons. The summed E-state index contributed by atoms with van der Waals surface area (Å²) in [5.74, 6) is 0.813. The van der Waals surface area contributed by atoms with Gasteiger partial charge in [-0.25, -0.2) is 5.14 Å². The molecule has 1 saturated carbocycles. The first-order chi connectivity index (χ1) is 10.5. The van der Waals surface area contributed by atoms with Gasteiger partial charge in [-0.2, -0.15) is 12.7 Å². The van der Waals surface area contributed by atoms with Crippen molar-refractivity contribution in [1.82, 2.24) is 4.31 Å². The molecule has 2 N–H and O–H groups in total. The lowest BCUT2D eigenvalue weighted by molar-refractivity contribution is 0.218. The molecule has 122 valence electrons. The van der Waals surface area contributed by atoms with Gasteiger partial charge in [-0.15, -0.1) is 0 Å². The summed E-state index contributed by atoms with van der Waals surface area (Å²) >= 11 is 0. The van der Waals surface area contributed by atoms with Crippen LogP contribution in [0.2, 0.25) is 0 Å². The number of unbranched alkanes of at least 4 members (excludes halogenated alkanes) is 1. The van der Waals surface area contributed by atoms with Gasteiger partial charge in [0.15, 0.2) is 0 Å². The van der Waals surface area contributed by atoms with E-state index in [0.717, 1.165) is 38.5 Å². The quantitative estimate of drug-likeness (QED) is 0.905. The molecule has 2 aliphatic rings. The second-order valence-corrected chi connectivity index (χ2v) is 8.27. The van der Waals surface area contributed by atoms with Crippen LogP contribution in [0.15, 0.2) is 24.3 Å². The van der Waals surface area contributed by atoms with Gasteiger partial charge in [-0.3, -0.25) is 0 Å². The van der Waals surface area contributed by atoms with Crippen LogP contribution in [-0.4, -0.2) is 25.3 Å². The third-order valence-electron chi connectivity index (χ3n) is 5.35. The van der Waals surface area contributed by atoms with Crippen molar-refractivity contribution in [3.63, 3.8) is 0 Å². The molecule has 3 rings (SSSR count). The largest absolute Gasteiger partial charge is 0.277 e. The van der Waals surface area contributed by atoms with Crippen molar-refractivity contribution in [3.8, 4) is 0 Å². The number of hydrogen-bond donors (Lipinski definition) is 1. The Morgan fingerprint density at radius 3 is 2.14 bits per heavy atom. The zero-order chi connectivity index (χ0) is 15.7. The molecule has 2 atom stereocenters. The maximum absolute atomic E-state index is 12.1. The van der Waals surface area contributed by atoms with Crippen molar-refractivity contribution in [2.24, 2.45) is 17.0 Å². The molecule has 2 aliphatic carbocycles. The Labute approximate surface area is 133 Å². The first kappa shape index (κ1) is 16.0. The highest BCUT2D eigenvalue weighted by Gasteiger charge is 2.44. The molecule has 2 bridgehead atoms. The summed E-state index contributed by atoms with van der Waals surface area (Å²) in [5.41, 5.74) is 2.79. The Bertz CT molecular complexity index is 596. The van der Waals surface area contributed by atoms with Crippen LogP contribution < -0.4 is 5.14 Å². The molecule has 22 heavy (non-hydrogen) atoms. The lowest BCUT2D eigenvalue weighted by Crippen LogP contribution is -2.49. The van der Waals surface area contributed by atoms with Crippen LogP contribution in [0.1, 0.15) is 43.7 Å².